The monoisotopic (exact) mass is 412 g/mol. The summed E-state index contributed by atoms with van der Waals surface area (Å²) in [5.41, 5.74) is 2.03. The summed E-state index contributed by atoms with van der Waals surface area (Å²) in [4.78, 5) is 14.0. The number of thioether (sulfide) groups is 1. The minimum atomic E-state index is -0.266. The topological polar surface area (TPSA) is 59.8 Å². The van der Waals surface area contributed by atoms with Gasteiger partial charge in [0.2, 0.25) is 5.91 Å². The number of anilines is 1. The van der Waals surface area contributed by atoms with E-state index in [9.17, 15) is 4.79 Å². The number of amides is 1. The van der Waals surface area contributed by atoms with Gasteiger partial charge in [-0.3, -0.25) is 9.36 Å². The molecule has 5 nitrogen and oxygen atoms in total. The summed E-state index contributed by atoms with van der Waals surface area (Å²) in [6.45, 7) is 6.19. The lowest BCUT2D eigenvalue weighted by Crippen LogP contribution is -2.23. The molecule has 1 saturated carbocycles. The molecule has 1 atom stereocenters. The van der Waals surface area contributed by atoms with Crippen LogP contribution in [0.5, 0.6) is 0 Å². The molecular formula is C21H24N4OS2. The molecule has 1 aliphatic carbocycles. The molecule has 0 saturated heterocycles. The lowest BCUT2D eigenvalue weighted by atomic mass is 10.0. The molecule has 28 heavy (non-hydrogen) atoms. The number of carbonyl (C=O) groups is 1. The largest absolute Gasteiger partial charge is 0.325 e. The van der Waals surface area contributed by atoms with Gasteiger partial charge in [0.15, 0.2) is 11.0 Å². The van der Waals surface area contributed by atoms with Crippen molar-refractivity contribution >= 4 is 34.7 Å². The standard InChI is InChI=1S/C21H24N4OS2/c1-13(2)16-7-4-5-8-17(16)22-20(26)14(3)28-21-24-23-19(18-9-6-12-27-18)25(21)15-10-11-15/h4-9,12-15H,10-11H2,1-3H3,(H,22,26). The molecule has 4 rings (SSSR count). The molecule has 0 aliphatic heterocycles. The first-order valence-electron chi connectivity index (χ1n) is 9.59. The lowest BCUT2D eigenvalue weighted by Gasteiger charge is -2.16. The molecule has 1 amide bonds. The first-order chi connectivity index (χ1) is 13.5. The van der Waals surface area contributed by atoms with Gasteiger partial charge in [0.05, 0.1) is 10.1 Å². The first-order valence-corrected chi connectivity index (χ1v) is 11.4. The highest BCUT2D eigenvalue weighted by Crippen LogP contribution is 2.42. The zero-order chi connectivity index (χ0) is 19.7. The van der Waals surface area contributed by atoms with Crippen molar-refractivity contribution < 1.29 is 4.79 Å². The van der Waals surface area contributed by atoms with Gasteiger partial charge in [0.1, 0.15) is 0 Å². The second-order valence-corrected chi connectivity index (χ2v) is 9.63. The summed E-state index contributed by atoms with van der Waals surface area (Å²) >= 11 is 3.15. The number of nitrogens with one attached hydrogen (secondary N) is 1. The van der Waals surface area contributed by atoms with Gasteiger partial charge in [-0.1, -0.05) is 49.9 Å². The molecule has 7 heteroatoms. The van der Waals surface area contributed by atoms with Crippen LogP contribution < -0.4 is 5.32 Å². The van der Waals surface area contributed by atoms with Gasteiger partial charge in [-0.15, -0.1) is 21.5 Å². The van der Waals surface area contributed by atoms with E-state index in [0.29, 0.717) is 12.0 Å². The maximum absolute atomic E-state index is 12.8. The average Bonchev–Trinajstić information content (AvgIpc) is 3.20. The van der Waals surface area contributed by atoms with E-state index in [4.69, 9.17) is 0 Å². The Labute approximate surface area is 173 Å². The fourth-order valence-electron chi connectivity index (χ4n) is 3.15. The van der Waals surface area contributed by atoms with Gasteiger partial charge < -0.3 is 5.32 Å². The van der Waals surface area contributed by atoms with Crippen LogP contribution in [0.15, 0.2) is 46.9 Å². The molecule has 0 bridgehead atoms. The summed E-state index contributed by atoms with van der Waals surface area (Å²) in [6, 6.07) is 12.5. The third-order valence-corrected chi connectivity index (χ3v) is 6.73. The first kappa shape index (κ1) is 19.2. The molecule has 146 valence electrons. The van der Waals surface area contributed by atoms with Gasteiger partial charge in [-0.2, -0.15) is 0 Å². The maximum atomic E-state index is 12.8. The second-order valence-electron chi connectivity index (χ2n) is 7.38. The minimum Gasteiger partial charge on any atom is -0.325 e. The van der Waals surface area contributed by atoms with Crippen LogP contribution in [0, 0.1) is 0 Å². The van der Waals surface area contributed by atoms with Crippen LogP contribution in [0.1, 0.15) is 51.1 Å². The number of hydrogen-bond acceptors (Lipinski definition) is 5. The molecule has 2 aromatic heterocycles. The highest BCUT2D eigenvalue weighted by molar-refractivity contribution is 8.00. The number of rotatable bonds is 7. The van der Waals surface area contributed by atoms with E-state index in [1.54, 1.807) is 11.3 Å². The van der Waals surface area contributed by atoms with Crippen LogP contribution in [0.25, 0.3) is 10.7 Å². The average molecular weight is 413 g/mol. The molecule has 1 fully saturated rings. The Morgan fingerprint density at radius 2 is 1.96 bits per heavy atom. The van der Waals surface area contributed by atoms with E-state index in [-0.39, 0.29) is 11.2 Å². The van der Waals surface area contributed by atoms with E-state index < -0.39 is 0 Å². The van der Waals surface area contributed by atoms with Gasteiger partial charge in [-0.25, -0.2) is 0 Å². The van der Waals surface area contributed by atoms with Crippen LogP contribution in [0.3, 0.4) is 0 Å². The highest BCUT2D eigenvalue weighted by atomic mass is 32.2. The van der Waals surface area contributed by atoms with Gasteiger partial charge >= 0.3 is 0 Å². The third kappa shape index (κ3) is 4.00. The van der Waals surface area contributed by atoms with Crippen LogP contribution in [-0.4, -0.2) is 25.9 Å². The van der Waals surface area contributed by atoms with Crippen molar-refractivity contribution in [2.24, 2.45) is 0 Å². The van der Waals surface area contributed by atoms with Crippen LogP contribution >= 0.6 is 23.1 Å². The third-order valence-electron chi connectivity index (χ3n) is 4.81. The normalized spacial score (nSPS) is 15.0. The number of aromatic nitrogens is 3. The predicted octanol–water partition coefficient (Wildman–Crippen LogP) is 5.58. The molecule has 2 heterocycles. The summed E-state index contributed by atoms with van der Waals surface area (Å²) in [7, 11) is 0. The Morgan fingerprint density at radius 3 is 2.64 bits per heavy atom. The number of carbonyl (C=O) groups excluding carboxylic acids is 1. The highest BCUT2D eigenvalue weighted by Gasteiger charge is 2.31. The number of thiophene rings is 1. The Balaban J connectivity index is 1.51. The van der Waals surface area contributed by atoms with Crippen molar-refractivity contribution in [1.82, 2.24) is 14.8 Å². The number of benzene rings is 1. The maximum Gasteiger partial charge on any atom is 0.237 e. The summed E-state index contributed by atoms with van der Waals surface area (Å²) < 4.78 is 2.21. The van der Waals surface area contributed by atoms with Crippen LogP contribution in [-0.2, 0) is 4.79 Å². The molecule has 0 spiro atoms. The second kappa shape index (κ2) is 8.09. The quantitative estimate of drug-likeness (QED) is 0.514. The SMILES string of the molecule is CC(Sc1nnc(-c2cccs2)n1C1CC1)C(=O)Nc1ccccc1C(C)C. The van der Waals surface area contributed by atoms with Crippen molar-refractivity contribution in [3.63, 3.8) is 0 Å². The predicted molar refractivity (Wildman–Crippen MR) is 116 cm³/mol. The Bertz CT molecular complexity index is 961. The Hall–Kier alpha value is -2.12. The summed E-state index contributed by atoms with van der Waals surface area (Å²) in [5, 5.41) is 14.5. The minimum absolute atomic E-state index is 0.0129. The van der Waals surface area contributed by atoms with Crippen LogP contribution in [0.4, 0.5) is 5.69 Å². The summed E-state index contributed by atoms with van der Waals surface area (Å²) in [5.74, 6) is 1.25. The smallest absolute Gasteiger partial charge is 0.237 e. The van der Waals surface area contributed by atoms with Crippen LogP contribution in [0.2, 0.25) is 0 Å². The molecule has 1 aromatic carbocycles. The van der Waals surface area contributed by atoms with E-state index in [2.05, 4.69) is 51.4 Å². The molecule has 0 radical (unpaired) electrons. The summed E-state index contributed by atoms with van der Waals surface area (Å²) in [6.07, 6.45) is 2.29. The number of hydrogen-bond donors (Lipinski definition) is 1. The fourth-order valence-corrected chi connectivity index (χ4v) is 4.78. The van der Waals surface area contributed by atoms with Crippen molar-refractivity contribution in [2.45, 2.75) is 56.0 Å². The van der Waals surface area contributed by atoms with Crippen molar-refractivity contribution in [3.8, 4) is 10.7 Å². The van der Waals surface area contributed by atoms with Crippen molar-refractivity contribution in [1.29, 1.82) is 0 Å². The Kier molecular flexibility index (Phi) is 5.55. The van der Waals surface area contributed by atoms with E-state index in [1.807, 2.05) is 31.2 Å². The molecular weight excluding hydrogens is 388 g/mol. The number of nitrogens with zero attached hydrogens (tertiary/aromatic N) is 3. The van der Waals surface area contributed by atoms with Gasteiger partial charge in [-0.05, 0) is 48.8 Å². The zero-order valence-electron chi connectivity index (χ0n) is 16.3. The van der Waals surface area contributed by atoms with E-state index in [1.165, 1.54) is 11.8 Å². The van der Waals surface area contributed by atoms with Crippen molar-refractivity contribution in [3.05, 3.63) is 47.3 Å². The number of para-hydroxylation sites is 1. The molecule has 1 unspecified atom stereocenters. The van der Waals surface area contributed by atoms with E-state index >= 15 is 0 Å². The van der Waals surface area contributed by atoms with Crippen molar-refractivity contribution in [2.75, 3.05) is 5.32 Å². The molecule has 3 aromatic rings. The van der Waals surface area contributed by atoms with Gasteiger partial charge in [0.25, 0.3) is 0 Å². The molecule has 1 aliphatic rings. The van der Waals surface area contributed by atoms with Gasteiger partial charge in [0, 0.05) is 11.7 Å². The van der Waals surface area contributed by atoms with E-state index in [0.717, 1.165) is 40.0 Å². The fraction of sp³-hybridized carbons (Fsp3) is 0.381. The zero-order valence-corrected chi connectivity index (χ0v) is 17.9. The molecule has 1 N–H and O–H groups in total. The lowest BCUT2D eigenvalue weighted by molar-refractivity contribution is -0.115. The Morgan fingerprint density at radius 1 is 1.18 bits per heavy atom.